The Morgan fingerprint density at radius 1 is 1.40 bits per heavy atom. The Kier molecular flexibility index (Phi) is 4.22. The van der Waals surface area contributed by atoms with Gasteiger partial charge in [0.15, 0.2) is 11.5 Å². The third-order valence-electron chi connectivity index (χ3n) is 3.25. The number of likely N-dealkylation sites (tertiary alicyclic amines) is 1. The van der Waals surface area contributed by atoms with Crippen molar-refractivity contribution in [1.82, 2.24) is 14.9 Å². The van der Waals surface area contributed by atoms with Gasteiger partial charge in [0.1, 0.15) is 0 Å². The van der Waals surface area contributed by atoms with E-state index in [4.69, 9.17) is 0 Å². The second kappa shape index (κ2) is 5.74. The molecule has 0 saturated carbocycles. The number of halogens is 3. The number of piperidine rings is 1. The smallest absolute Gasteiger partial charge is 0.308 e. The Morgan fingerprint density at radius 3 is 2.80 bits per heavy atom. The molecule has 110 valence electrons. The van der Waals surface area contributed by atoms with E-state index in [1.54, 1.807) is 0 Å². The summed E-state index contributed by atoms with van der Waals surface area (Å²) in [5, 5.41) is 2.40. The van der Waals surface area contributed by atoms with Crippen molar-refractivity contribution in [3.63, 3.8) is 0 Å². The van der Waals surface area contributed by atoms with Crippen molar-refractivity contribution < 1.29 is 18.0 Å². The van der Waals surface area contributed by atoms with Crippen LogP contribution >= 0.6 is 0 Å². The van der Waals surface area contributed by atoms with E-state index >= 15 is 0 Å². The van der Waals surface area contributed by atoms with Gasteiger partial charge in [-0.2, -0.15) is 13.2 Å². The van der Waals surface area contributed by atoms with Crippen molar-refractivity contribution in [2.45, 2.75) is 31.5 Å². The number of amides is 1. The Bertz CT molecular complexity index is 492. The average Bonchev–Trinajstić information content (AvgIpc) is 2.38. The molecular formula is C12H15F3N4O. The number of rotatable bonds is 2. The summed E-state index contributed by atoms with van der Waals surface area (Å²) in [4.78, 5) is 20.7. The summed E-state index contributed by atoms with van der Waals surface area (Å²) < 4.78 is 37.5. The summed E-state index contributed by atoms with van der Waals surface area (Å²) in [5.41, 5.74) is -1.12. The molecule has 2 rings (SSSR count). The molecule has 1 N–H and O–H groups in total. The molecule has 0 bridgehead atoms. The molecule has 0 spiro atoms. The van der Waals surface area contributed by atoms with Gasteiger partial charge in [0.2, 0.25) is 5.91 Å². The van der Waals surface area contributed by atoms with E-state index in [9.17, 15) is 18.0 Å². The monoisotopic (exact) mass is 288 g/mol. The molecule has 0 aromatic carbocycles. The van der Waals surface area contributed by atoms with Crippen molar-refractivity contribution in [3.05, 3.63) is 18.1 Å². The number of hydrogen-bond donors (Lipinski definition) is 1. The number of nitrogens with one attached hydrogen (secondary N) is 1. The molecule has 1 aromatic rings. The van der Waals surface area contributed by atoms with Crippen LogP contribution in [0.2, 0.25) is 0 Å². The highest BCUT2D eigenvalue weighted by molar-refractivity contribution is 5.93. The van der Waals surface area contributed by atoms with Crippen LogP contribution in [0.15, 0.2) is 12.4 Å². The van der Waals surface area contributed by atoms with Crippen LogP contribution in [-0.2, 0) is 11.0 Å². The second-order valence-corrected chi connectivity index (χ2v) is 4.77. The molecule has 1 aromatic heterocycles. The van der Waals surface area contributed by atoms with Crippen LogP contribution in [0.5, 0.6) is 0 Å². The maximum atomic E-state index is 12.5. The minimum absolute atomic E-state index is 0.177. The first-order valence-corrected chi connectivity index (χ1v) is 6.28. The van der Waals surface area contributed by atoms with Gasteiger partial charge in [-0.15, -0.1) is 0 Å². The van der Waals surface area contributed by atoms with Crippen LogP contribution in [0, 0.1) is 0 Å². The molecule has 0 aliphatic carbocycles. The second-order valence-electron chi connectivity index (χ2n) is 4.77. The lowest BCUT2D eigenvalue weighted by molar-refractivity contribution is -0.141. The van der Waals surface area contributed by atoms with Crippen LogP contribution < -0.4 is 5.32 Å². The highest BCUT2D eigenvalue weighted by Gasteiger charge is 2.33. The van der Waals surface area contributed by atoms with Crippen LogP contribution in [0.4, 0.5) is 19.0 Å². The van der Waals surface area contributed by atoms with Gasteiger partial charge in [0, 0.05) is 0 Å². The molecule has 5 nitrogen and oxygen atoms in total. The molecule has 1 amide bonds. The van der Waals surface area contributed by atoms with Crippen molar-refractivity contribution >= 4 is 11.7 Å². The summed E-state index contributed by atoms with van der Waals surface area (Å²) in [7, 11) is 1.82. The highest BCUT2D eigenvalue weighted by atomic mass is 19.4. The molecule has 0 radical (unpaired) electrons. The number of hydrogen-bond acceptors (Lipinski definition) is 4. The summed E-state index contributed by atoms with van der Waals surface area (Å²) >= 11 is 0. The van der Waals surface area contributed by atoms with E-state index in [2.05, 4.69) is 15.3 Å². The summed E-state index contributed by atoms with van der Waals surface area (Å²) in [6, 6.07) is -0.333. The van der Waals surface area contributed by atoms with Crippen LogP contribution in [-0.4, -0.2) is 40.4 Å². The van der Waals surface area contributed by atoms with E-state index in [-0.39, 0.29) is 17.8 Å². The number of alkyl halides is 3. The van der Waals surface area contributed by atoms with Gasteiger partial charge in [0.25, 0.3) is 0 Å². The Hall–Kier alpha value is -1.70. The standard InChI is InChI=1S/C12H15F3N4O/c1-19-5-3-2-4-8(19)11(20)18-10-7-16-6-9(17-10)12(13,14)15/h6-8H,2-5H2,1H3,(H,17,18,20). The highest BCUT2D eigenvalue weighted by Crippen LogP contribution is 2.27. The lowest BCUT2D eigenvalue weighted by Gasteiger charge is -2.31. The zero-order valence-electron chi connectivity index (χ0n) is 10.9. The maximum Gasteiger partial charge on any atom is 0.434 e. The molecule has 20 heavy (non-hydrogen) atoms. The van der Waals surface area contributed by atoms with E-state index in [0.29, 0.717) is 12.6 Å². The van der Waals surface area contributed by atoms with Gasteiger partial charge >= 0.3 is 6.18 Å². The minimum Gasteiger partial charge on any atom is -0.308 e. The third kappa shape index (κ3) is 3.44. The first-order chi connectivity index (χ1) is 9.38. The predicted octanol–water partition coefficient (Wildman–Crippen LogP) is 1.92. The molecule has 1 unspecified atom stereocenters. The predicted molar refractivity (Wildman–Crippen MR) is 65.9 cm³/mol. The number of carbonyl (C=O) groups excluding carboxylic acids is 1. The van der Waals surface area contributed by atoms with Gasteiger partial charge in [0.05, 0.1) is 18.4 Å². The Morgan fingerprint density at radius 2 is 2.15 bits per heavy atom. The van der Waals surface area contributed by atoms with E-state index in [0.717, 1.165) is 25.6 Å². The SMILES string of the molecule is CN1CCCCC1C(=O)Nc1cncc(C(F)(F)F)n1. The van der Waals surface area contributed by atoms with E-state index in [1.165, 1.54) is 0 Å². The van der Waals surface area contributed by atoms with Gasteiger partial charge in [-0.1, -0.05) is 6.42 Å². The zero-order chi connectivity index (χ0) is 14.8. The van der Waals surface area contributed by atoms with Crippen LogP contribution in [0.25, 0.3) is 0 Å². The Balaban J connectivity index is 2.08. The fourth-order valence-electron chi connectivity index (χ4n) is 2.18. The number of nitrogens with zero attached hydrogens (tertiary/aromatic N) is 3. The topological polar surface area (TPSA) is 58.1 Å². The molecule has 1 atom stereocenters. The minimum atomic E-state index is -4.57. The molecular weight excluding hydrogens is 273 g/mol. The van der Waals surface area contributed by atoms with Gasteiger partial charge in [-0.25, -0.2) is 4.98 Å². The summed E-state index contributed by atoms with van der Waals surface area (Å²) in [6.45, 7) is 0.798. The number of aromatic nitrogens is 2. The van der Waals surface area contributed by atoms with Crippen molar-refractivity contribution in [1.29, 1.82) is 0 Å². The fourth-order valence-corrected chi connectivity index (χ4v) is 2.18. The Labute approximate surface area is 114 Å². The van der Waals surface area contributed by atoms with Crippen molar-refractivity contribution in [2.24, 2.45) is 0 Å². The summed E-state index contributed by atoms with van der Waals surface area (Å²) in [5.74, 6) is -0.523. The average molecular weight is 288 g/mol. The van der Waals surface area contributed by atoms with Gasteiger partial charge in [-0.05, 0) is 26.4 Å². The fraction of sp³-hybridized carbons (Fsp3) is 0.583. The first-order valence-electron chi connectivity index (χ1n) is 6.28. The largest absolute Gasteiger partial charge is 0.434 e. The number of likely N-dealkylation sites (N-methyl/N-ethyl adjacent to an activating group) is 1. The number of carbonyl (C=O) groups is 1. The lowest BCUT2D eigenvalue weighted by Crippen LogP contribution is -2.44. The number of anilines is 1. The molecule has 8 heteroatoms. The van der Waals surface area contributed by atoms with Crippen LogP contribution in [0.1, 0.15) is 25.0 Å². The van der Waals surface area contributed by atoms with Crippen molar-refractivity contribution in [3.8, 4) is 0 Å². The molecule has 1 saturated heterocycles. The van der Waals surface area contributed by atoms with Gasteiger partial charge < -0.3 is 5.32 Å². The zero-order valence-corrected chi connectivity index (χ0v) is 10.9. The first kappa shape index (κ1) is 14.7. The van der Waals surface area contributed by atoms with Crippen LogP contribution in [0.3, 0.4) is 0 Å². The van der Waals surface area contributed by atoms with E-state index < -0.39 is 11.9 Å². The molecule has 1 aliphatic rings. The van der Waals surface area contributed by atoms with Gasteiger partial charge in [-0.3, -0.25) is 14.7 Å². The van der Waals surface area contributed by atoms with Crippen molar-refractivity contribution in [2.75, 3.05) is 18.9 Å². The maximum absolute atomic E-state index is 12.5. The summed E-state index contributed by atoms with van der Waals surface area (Å²) in [6.07, 6.45) is -0.206. The molecule has 1 fully saturated rings. The molecule has 2 heterocycles. The lowest BCUT2D eigenvalue weighted by atomic mass is 10.0. The quantitative estimate of drug-likeness (QED) is 0.903. The van der Waals surface area contributed by atoms with E-state index in [1.807, 2.05) is 11.9 Å². The normalized spacial score (nSPS) is 20.7. The molecule has 1 aliphatic heterocycles. The third-order valence-corrected chi connectivity index (χ3v) is 3.25.